The van der Waals surface area contributed by atoms with Crippen LogP contribution in [0.25, 0.3) is 0 Å². The van der Waals surface area contributed by atoms with E-state index >= 15 is 0 Å². The second kappa shape index (κ2) is 6.28. The fourth-order valence-corrected chi connectivity index (χ4v) is 3.68. The van der Waals surface area contributed by atoms with Crippen LogP contribution in [0.3, 0.4) is 0 Å². The van der Waals surface area contributed by atoms with Crippen molar-refractivity contribution in [2.45, 2.75) is 38.1 Å². The van der Waals surface area contributed by atoms with Crippen molar-refractivity contribution in [2.75, 3.05) is 29.5 Å². The number of rotatable bonds is 2. The molecule has 0 aliphatic carbocycles. The molecule has 2 aliphatic heterocycles. The molecule has 23 heavy (non-hydrogen) atoms. The molecule has 0 saturated carbocycles. The Morgan fingerprint density at radius 2 is 2.00 bits per heavy atom. The Kier molecular flexibility index (Phi) is 4.35. The lowest BCUT2D eigenvalue weighted by Crippen LogP contribution is -2.36. The molecule has 4 N–H and O–H groups in total. The first-order chi connectivity index (χ1) is 10.7. The zero-order chi connectivity index (χ0) is 15.1. The summed E-state index contributed by atoms with van der Waals surface area (Å²) < 4.78 is 2.42. The summed E-state index contributed by atoms with van der Waals surface area (Å²) in [5.41, 5.74) is 13.6. The van der Waals surface area contributed by atoms with E-state index in [4.69, 9.17) is 16.5 Å². The number of anilines is 3. The van der Waals surface area contributed by atoms with Crippen LogP contribution >= 0.6 is 12.4 Å². The van der Waals surface area contributed by atoms with Gasteiger partial charge in [0.1, 0.15) is 17.5 Å². The standard InChI is InChI=1S/C16H22N6.ClH/c17-13-5-6-14(20-15(13)18)21-7-1-3-11(10-21)16-19-9-12-4-2-8-22(12)16;/h5-6,9,11H,1-4,7-8,10,17H2,(H2,18,20);1H. The molecule has 1 saturated heterocycles. The fourth-order valence-electron chi connectivity index (χ4n) is 3.68. The van der Waals surface area contributed by atoms with E-state index in [1.165, 1.54) is 30.8 Å². The van der Waals surface area contributed by atoms with Crippen molar-refractivity contribution in [2.24, 2.45) is 0 Å². The Labute approximate surface area is 142 Å². The zero-order valence-corrected chi connectivity index (χ0v) is 13.9. The Morgan fingerprint density at radius 3 is 2.83 bits per heavy atom. The predicted molar refractivity (Wildman–Crippen MR) is 95.0 cm³/mol. The van der Waals surface area contributed by atoms with Gasteiger partial charge in [0.05, 0.1) is 5.69 Å². The fraction of sp³-hybridized carbons (Fsp3) is 0.500. The summed E-state index contributed by atoms with van der Waals surface area (Å²) in [5, 5.41) is 0. The second-order valence-electron chi connectivity index (χ2n) is 6.29. The van der Waals surface area contributed by atoms with E-state index in [1.54, 1.807) is 0 Å². The third-order valence-electron chi connectivity index (χ3n) is 4.84. The van der Waals surface area contributed by atoms with Crippen LogP contribution in [0.5, 0.6) is 0 Å². The number of piperidine rings is 1. The van der Waals surface area contributed by atoms with Gasteiger partial charge in [-0.25, -0.2) is 9.97 Å². The quantitative estimate of drug-likeness (QED) is 0.879. The van der Waals surface area contributed by atoms with E-state index in [0.717, 1.165) is 31.9 Å². The number of nitrogens with two attached hydrogens (primary N) is 2. The normalized spacial score (nSPS) is 20.2. The number of nitrogens with zero attached hydrogens (tertiary/aromatic N) is 4. The minimum Gasteiger partial charge on any atom is -0.396 e. The lowest BCUT2D eigenvalue weighted by Gasteiger charge is -2.33. The molecule has 6 nitrogen and oxygen atoms in total. The number of hydrogen-bond acceptors (Lipinski definition) is 5. The Hall–Kier alpha value is -1.95. The van der Waals surface area contributed by atoms with Gasteiger partial charge in [-0.2, -0.15) is 0 Å². The Bertz CT molecular complexity index is 698. The molecule has 2 aromatic rings. The van der Waals surface area contributed by atoms with Crippen LogP contribution in [0, 0.1) is 0 Å². The van der Waals surface area contributed by atoms with Gasteiger partial charge in [0.15, 0.2) is 0 Å². The number of nitrogen functional groups attached to an aromatic ring is 2. The molecule has 2 aromatic heterocycles. The van der Waals surface area contributed by atoms with Gasteiger partial charge in [-0.05, 0) is 37.8 Å². The highest BCUT2D eigenvalue weighted by Crippen LogP contribution is 2.31. The van der Waals surface area contributed by atoms with Crippen molar-refractivity contribution in [3.8, 4) is 0 Å². The molecular formula is C16H23ClN6. The maximum Gasteiger partial charge on any atom is 0.149 e. The van der Waals surface area contributed by atoms with Gasteiger partial charge in [0.2, 0.25) is 0 Å². The second-order valence-corrected chi connectivity index (χ2v) is 6.29. The van der Waals surface area contributed by atoms with Crippen LogP contribution in [-0.4, -0.2) is 27.6 Å². The molecule has 2 aliphatic rings. The topological polar surface area (TPSA) is 86.0 Å². The van der Waals surface area contributed by atoms with E-state index in [1.807, 2.05) is 12.1 Å². The van der Waals surface area contributed by atoms with Gasteiger partial charge in [0.25, 0.3) is 0 Å². The van der Waals surface area contributed by atoms with E-state index in [-0.39, 0.29) is 12.4 Å². The summed E-state index contributed by atoms with van der Waals surface area (Å²) in [4.78, 5) is 11.4. The highest BCUT2D eigenvalue weighted by molar-refractivity contribution is 5.85. The van der Waals surface area contributed by atoms with Gasteiger partial charge in [0, 0.05) is 37.4 Å². The molecule has 4 heterocycles. The minimum absolute atomic E-state index is 0. The molecule has 124 valence electrons. The molecule has 0 bridgehead atoms. The summed E-state index contributed by atoms with van der Waals surface area (Å²) in [7, 11) is 0. The highest BCUT2D eigenvalue weighted by Gasteiger charge is 2.28. The number of halogens is 1. The van der Waals surface area contributed by atoms with Crippen LogP contribution in [0.2, 0.25) is 0 Å². The van der Waals surface area contributed by atoms with Crippen LogP contribution in [0.4, 0.5) is 17.3 Å². The van der Waals surface area contributed by atoms with Gasteiger partial charge in [-0.15, -0.1) is 12.4 Å². The minimum atomic E-state index is 0. The zero-order valence-electron chi connectivity index (χ0n) is 13.1. The summed E-state index contributed by atoms with van der Waals surface area (Å²) in [6.07, 6.45) is 6.81. The lowest BCUT2D eigenvalue weighted by molar-refractivity contribution is 0.472. The molecule has 1 unspecified atom stereocenters. The molecule has 0 amide bonds. The SMILES string of the molecule is Cl.Nc1ccc(N2CCCC(c3ncc4n3CCC4)C2)nc1N. The first-order valence-corrected chi connectivity index (χ1v) is 8.03. The third-order valence-corrected chi connectivity index (χ3v) is 4.84. The molecule has 7 heteroatoms. The van der Waals surface area contributed by atoms with Crippen molar-refractivity contribution >= 4 is 29.7 Å². The number of imidazole rings is 1. The molecule has 1 atom stereocenters. The smallest absolute Gasteiger partial charge is 0.149 e. The van der Waals surface area contributed by atoms with Crippen LogP contribution in [0.1, 0.15) is 36.7 Å². The molecule has 0 spiro atoms. The van der Waals surface area contributed by atoms with Gasteiger partial charge >= 0.3 is 0 Å². The van der Waals surface area contributed by atoms with Gasteiger partial charge < -0.3 is 20.9 Å². The van der Waals surface area contributed by atoms with E-state index in [2.05, 4.69) is 20.6 Å². The van der Waals surface area contributed by atoms with E-state index < -0.39 is 0 Å². The molecule has 0 aromatic carbocycles. The monoisotopic (exact) mass is 334 g/mol. The first kappa shape index (κ1) is 15.9. The number of hydrogen-bond donors (Lipinski definition) is 2. The summed E-state index contributed by atoms with van der Waals surface area (Å²) in [6.45, 7) is 3.08. The Morgan fingerprint density at radius 1 is 1.13 bits per heavy atom. The van der Waals surface area contributed by atoms with Crippen LogP contribution in [0.15, 0.2) is 18.3 Å². The van der Waals surface area contributed by atoms with Crippen LogP contribution < -0.4 is 16.4 Å². The van der Waals surface area contributed by atoms with Gasteiger partial charge in [-0.3, -0.25) is 0 Å². The first-order valence-electron chi connectivity index (χ1n) is 8.03. The molecule has 4 rings (SSSR count). The molecule has 0 radical (unpaired) electrons. The van der Waals surface area contributed by atoms with Crippen molar-refractivity contribution in [3.05, 3.63) is 29.8 Å². The molecular weight excluding hydrogens is 312 g/mol. The largest absolute Gasteiger partial charge is 0.396 e. The van der Waals surface area contributed by atoms with Crippen molar-refractivity contribution in [1.82, 2.24) is 14.5 Å². The summed E-state index contributed by atoms with van der Waals surface area (Å²) >= 11 is 0. The maximum atomic E-state index is 5.85. The van der Waals surface area contributed by atoms with E-state index in [9.17, 15) is 0 Å². The average Bonchev–Trinajstić information content (AvgIpc) is 3.13. The lowest BCUT2D eigenvalue weighted by atomic mass is 9.97. The number of aryl methyl sites for hydroxylation is 1. The van der Waals surface area contributed by atoms with E-state index in [0.29, 0.717) is 17.4 Å². The van der Waals surface area contributed by atoms with Crippen LogP contribution in [-0.2, 0) is 13.0 Å². The maximum absolute atomic E-state index is 5.85. The summed E-state index contributed by atoms with van der Waals surface area (Å²) in [6, 6.07) is 3.80. The van der Waals surface area contributed by atoms with Gasteiger partial charge in [-0.1, -0.05) is 0 Å². The Balaban J connectivity index is 0.00000156. The van der Waals surface area contributed by atoms with Crippen molar-refractivity contribution in [1.29, 1.82) is 0 Å². The van der Waals surface area contributed by atoms with Crippen molar-refractivity contribution in [3.63, 3.8) is 0 Å². The third kappa shape index (κ3) is 2.83. The number of pyridine rings is 1. The highest BCUT2D eigenvalue weighted by atomic mass is 35.5. The average molecular weight is 335 g/mol. The summed E-state index contributed by atoms with van der Waals surface area (Å²) in [5.74, 6) is 3.06. The number of fused-ring (bicyclic) bond motifs is 1. The molecule has 1 fully saturated rings. The van der Waals surface area contributed by atoms with Crippen molar-refractivity contribution < 1.29 is 0 Å². The predicted octanol–water partition coefficient (Wildman–Crippen LogP) is 2.19. The number of aromatic nitrogens is 3.